The molecule has 0 amide bonds. The summed E-state index contributed by atoms with van der Waals surface area (Å²) >= 11 is 7.04. The second kappa shape index (κ2) is 12.7. The number of aromatic nitrogens is 1. The SMILES string of the molecule is CCn1cc(CN2CCCC2)c(=O)c2c(Cl)c(OCc3ccc(OC)cc3)c(OCc3ccc(OC)cc3)cc21. The number of rotatable bonds is 11. The van der Waals surface area contributed by atoms with Gasteiger partial charge in [-0.2, -0.15) is 0 Å². The minimum absolute atomic E-state index is 0.0624. The Morgan fingerprint density at radius 3 is 1.98 bits per heavy atom. The average molecular weight is 563 g/mol. The first-order chi connectivity index (χ1) is 19.5. The number of nitrogens with zero attached hydrogens (tertiary/aromatic N) is 2. The Kier molecular flexibility index (Phi) is 8.82. The van der Waals surface area contributed by atoms with Gasteiger partial charge in [0.1, 0.15) is 24.7 Å². The number of fused-ring (bicyclic) bond motifs is 1. The van der Waals surface area contributed by atoms with Crippen LogP contribution in [-0.4, -0.2) is 36.8 Å². The minimum atomic E-state index is -0.0624. The summed E-state index contributed by atoms with van der Waals surface area (Å²) in [7, 11) is 3.27. The van der Waals surface area contributed by atoms with Gasteiger partial charge in [-0.05, 0) is 68.2 Å². The summed E-state index contributed by atoms with van der Waals surface area (Å²) in [5.41, 5.74) is 3.31. The van der Waals surface area contributed by atoms with Gasteiger partial charge in [0.2, 0.25) is 0 Å². The van der Waals surface area contributed by atoms with Crippen LogP contribution in [0.4, 0.5) is 0 Å². The van der Waals surface area contributed by atoms with Crippen LogP contribution in [0.2, 0.25) is 5.02 Å². The molecule has 0 atom stereocenters. The fourth-order valence-electron chi connectivity index (χ4n) is 5.07. The highest BCUT2D eigenvalue weighted by atomic mass is 35.5. The van der Waals surface area contributed by atoms with Crippen LogP contribution in [-0.2, 0) is 26.3 Å². The molecular weight excluding hydrogens is 528 g/mol. The molecule has 5 rings (SSSR count). The molecule has 0 unspecified atom stereocenters. The summed E-state index contributed by atoms with van der Waals surface area (Å²) in [6.45, 7) is 5.92. The van der Waals surface area contributed by atoms with E-state index in [-0.39, 0.29) is 17.1 Å². The van der Waals surface area contributed by atoms with E-state index >= 15 is 0 Å². The Morgan fingerprint density at radius 2 is 1.43 bits per heavy atom. The smallest absolute Gasteiger partial charge is 0.195 e. The number of ether oxygens (including phenoxy) is 4. The summed E-state index contributed by atoms with van der Waals surface area (Å²) in [6, 6.07) is 17.2. The van der Waals surface area contributed by atoms with Gasteiger partial charge in [0, 0.05) is 30.9 Å². The van der Waals surface area contributed by atoms with Crippen molar-refractivity contribution in [3.8, 4) is 23.0 Å². The maximum Gasteiger partial charge on any atom is 0.195 e. The normalized spacial score (nSPS) is 13.5. The van der Waals surface area contributed by atoms with Gasteiger partial charge in [-0.15, -0.1) is 0 Å². The number of halogens is 1. The standard InChI is InChI=1S/C32H35ClN2O5/c1-4-35-19-24(18-34-15-5-6-16-34)31(36)29-27(35)17-28(39-20-22-7-11-25(37-2)12-8-22)32(30(29)33)40-21-23-9-13-26(38-3)14-10-23/h7-14,17,19H,4-6,15-16,18,20-21H2,1-3H3. The van der Waals surface area contributed by atoms with Crippen molar-refractivity contribution in [3.63, 3.8) is 0 Å². The summed E-state index contributed by atoms with van der Waals surface area (Å²) in [5, 5.41) is 0.730. The second-order valence-corrected chi connectivity index (χ2v) is 10.3. The van der Waals surface area contributed by atoms with Crippen LogP contribution in [0.25, 0.3) is 10.9 Å². The molecule has 0 spiro atoms. The lowest BCUT2D eigenvalue weighted by molar-refractivity contribution is 0.256. The summed E-state index contributed by atoms with van der Waals surface area (Å²) < 4.78 is 25.2. The van der Waals surface area contributed by atoms with Gasteiger partial charge in [0.15, 0.2) is 16.9 Å². The van der Waals surface area contributed by atoms with Crippen molar-refractivity contribution in [1.29, 1.82) is 0 Å². The third-order valence-electron chi connectivity index (χ3n) is 7.34. The highest BCUT2D eigenvalue weighted by Crippen LogP contribution is 2.41. The third kappa shape index (κ3) is 6.06. The van der Waals surface area contributed by atoms with Crippen molar-refractivity contribution in [2.45, 2.75) is 46.1 Å². The first-order valence-corrected chi connectivity index (χ1v) is 14.0. The number of hydrogen-bond donors (Lipinski definition) is 0. The van der Waals surface area contributed by atoms with Crippen LogP contribution in [0.1, 0.15) is 36.5 Å². The molecule has 2 heterocycles. The molecule has 1 aliphatic rings. The molecule has 1 aromatic heterocycles. The Hall–Kier alpha value is -3.68. The predicted octanol–water partition coefficient (Wildman–Crippen LogP) is 6.45. The molecule has 1 saturated heterocycles. The zero-order valence-electron chi connectivity index (χ0n) is 23.2. The lowest BCUT2D eigenvalue weighted by Crippen LogP contribution is -2.25. The largest absolute Gasteiger partial charge is 0.497 e. The predicted molar refractivity (Wildman–Crippen MR) is 158 cm³/mol. The summed E-state index contributed by atoms with van der Waals surface area (Å²) in [5.74, 6) is 2.38. The number of aryl methyl sites for hydroxylation is 1. The first kappa shape index (κ1) is 27.9. The number of benzene rings is 3. The lowest BCUT2D eigenvalue weighted by Gasteiger charge is -2.20. The average Bonchev–Trinajstić information content (AvgIpc) is 3.50. The zero-order valence-corrected chi connectivity index (χ0v) is 24.0. The molecule has 0 saturated carbocycles. The number of methoxy groups -OCH3 is 2. The highest BCUT2D eigenvalue weighted by Gasteiger charge is 2.22. The van der Waals surface area contributed by atoms with Gasteiger partial charge >= 0.3 is 0 Å². The van der Waals surface area contributed by atoms with Gasteiger partial charge in [0.05, 0.1) is 30.1 Å². The fourth-order valence-corrected chi connectivity index (χ4v) is 5.40. The van der Waals surface area contributed by atoms with Crippen molar-refractivity contribution in [2.75, 3.05) is 27.3 Å². The van der Waals surface area contributed by atoms with E-state index in [1.165, 1.54) is 0 Å². The molecule has 3 aromatic carbocycles. The number of pyridine rings is 1. The van der Waals surface area contributed by atoms with Gasteiger partial charge < -0.3 is 23.5 Å². The van der Waals surface area contributed by atoms with Crippen LogP contribution < -0.4 is 24.4 Å². The quantitative estimate of drug-likeness (QED) is 0.209. The monoisotopic (exact) mass is 562 g/mol. The van der Waals surface area contributed by atoms with Crippen LogP contribution in [0.5, 0.6) is 23.0 Å². The van der Waals surface area contributed by atoms with E-state index in [0.717, 1.165) is 59.6 Å². The number of hydrogen-bond acceptors (Lipinski definition) is 6. The van der Waals surface area contributed by atoms with Crippen molar-refractivity contribution < 1.29 is 18.9 Å². The van der Waals surface area contributed by atoms with Crippen molar-refractivity contribution in [1.82, 2.24) is 9.47 Å². The highest BCUT2D eigenvalue weighted by molar-refractivity contribution is 6.37. The van der Waals surface area contributed by atoms with Gasteiger partial charge in [-0.25, -0.2) is 0 Å². The Labute approximate surface area is 239 Å². The van der Waals surface area contributed by atoms with E-state index in [0.29, 0.717) is 36.6 Å². The van der Waals surface area contributed by atoms with Crippen LogP contribution in [0.15, 0.2) is 65.6 Å². The molecule has 1 fully saturated rings. The fraction of sp³-hybridized carbons (Fsp3) is 0.344. The van der Waals surface area contributed by atoms with Crippen molar-refractivity contribution in [2.24, 2.45) is 0 Å². The lowest BCUT2D eigenvalue weighted by atomic mass is 10.1. The van der Waals surface area contributed by atoms with E-state index in [1.54, 1.807) is 14.2 Å². The molecule has 210 valence electrons. The van der Waals surface area contributed by atoms with E-state index in [4.69, 9.17) is 30.5 Å². The second-order valence-electron chi connectivity index (χ2n) is 9.94. The van der Waals surface area contributed by atoms with E-state index in [2.05, 4.69) is 16.4 Å². The molecule has 1 aliphatic heterocycles. The van der Waals surface area contributed by atoms with E-state index < -0.39 is 0 Å². The Bertz CT molecular complexity index is 1510. The maximum absolute atomic E-state index is 13.8. The van der Waals surface area contributed by atoms with E-state index in [9.17, 15) is 4.79 Å². The maximum atomic E-state index is 13.8. The molecule has 4 aromatic rings. The Balaban J connectivity index is 1.54. The minimum Gasteiger partial charge on any atom is -0.497 e. The van der Waals surface area contributed by atoms with Crippen molar-refractivity contribution >= 4 is 22.5 Å². The van der Waals surface area contributed by atoms with Crippen molar-refractivity contribution in [3.05, 3.63) is 92.7 Å². The topological polar surface area (TPSA) is 62.2 Å². The summed E-state index contributed by atoms with van der Waals surface area (Å²) in [6.07, 6.45) is 4.29. The van der Waals surface area contributed by atoms with Gasteiger partial charge in [-0.3, -0.25) is 9.69 Å². The summed E-state index contributed by atoms with van der Waals surface area (Å²) in [4.78, 5) is 16.1. The molecule has 8 heteroatoms. The molecule has 7 nitrogen and oxygen atoms in total. The van der Waals surface area contributed by atoms with Gasteiger partial charge in [0.25, 0.3) is 0 Å². The van der Waals surface area contributed by atoms with Crippen LogP contribution in [0, 0.1) is 0 Å². The van der Waals surface area contributed by atoms with E-state index in [1.807, 2.05) is 60.8 Å². The van der Waals surface area contributed by atoms with Gasteiger partial charge in [-0.1, -0.05) is 35.9 Å². The Morgan fingerprint density at radius 1 is 0.850 bits per heavy atom. The third-order valence-corrected chi connectivity index (χ3v) is 7.70. The number of likely N-dealkylation sites (tertiary alicyclic amines) is 1. The molecule has 40 heavy (non-hydrogen) atoms. The zero-order chi connectivity index (χ0) is 28.1. The van der Waals surface area contributed by atoms with Crippen LogP contribution in [0.3, 0.4) is 0 Å². The first-order valence-electron chi connectivity index (χ1n) is 13.6. The molecular formula is C32H35ClN2O5. The molecule has 0 aliphatic carbocycles. The molecule has 0 bridgehead atoms. The molecule has 0 radical (unpaired) electrons. The van der Waals surface area contributed by atoms with Crippen LogP contribution >= 0.6 is 11.6 Å². The molecule has 0 N–H and O–H groups in total.